The smallest absolute Gasteiger partial charge is 0.259 e. The van der Waals surface area contributed by atoms with Gasteiger partial charge in [0.25, 0.3) is 5.91 Å². The van der Waals surface area contributed by atoms with Gasteiger partial charge in [-0.15, -0.1) is 11.3 Å². The minimum Gasteiger partial charge on any atom is -0.375 e. The van der Waals surface area contributed by atoms with E-state index in [4.69, 9.17) is 5.73 Å². The fourth-order valence-corrected chi connectivity index (χ4v) is 3.27. The predicted molar refractivity (Wildman–Crippen MR) is 98.2 cm³/mol. The topological polar surface area (TPSA) is 80.9 Å². The summed E-state index contributed by atoms with van der Waals surface area (Å²) in [5.41, 5.74) is 7.08. The first-order valence-corrected chi connectivity index (χ1v) is 8.66. The summed E-state index contributed by atoms with van der Waals surface area (Å²) < 4.78 is 26.6. The Morgan fingerprint density at radius 3 is 2.62 bits per heavy atom. The summed E-state index contributed by atoms with van der Waals surface area (Å²) in [4.78, 5) is 21.7. The highest BCUT2D eigenvalue weighted by molar-refractivity contribution is 7.15. The molecular formula is C18H16F2N4OS. The molecule has 3 aromatic rings. The van der Waals surface area contributed by atoms with Gasteiger partial charge in [-0.25, -0.2) is 18.7 Å². The number of carbonyl (C=O) groups excluding carboxylic acids is 1. The SMILES string of the molecule is CC(C)c1sc(N)nc1-c1ccc(NC(=O)c2ccc(F)cc2F)nc1. The zero-order chi connectivity index (χ0) is 18.8. The van der Waals surface area contributed by atoms with E-state index in [0.717, 1.165) is 28.3 Å². The van der Waals surface area contributed by atoms with Crippen molar-refractivity contribution in [2.75, 3.05) is 11.1 Å². The van der Waals surface area contributed by atoms with Crippen LogP contribution in [0, 0.1) is 11.6 Å². The molecule has 0 radical (unpaired) electrons. The highest BCUT2D eigenvalue weighted by Crippen LogP contribution is 2.34. The van der Waals surface area contributed by atoms with Crippen molar-refractivity contribution < 1.29 is 13.6 Å². The molecule has 0 saturated carbocycles. The quantitative estimate of drug-likeness (QED) is 0.707. The number of halogens is 2. The average Bonchev–Trinajstić information content (AvgIpc) is 2.97. The first kappa shape index (κ1) is 17.9. The summed E-state index contributed by atoms with van der Waals surface area (Å²) in [7, 11) is 0. The number of carbonyl (C=O) groups is 1. The van der Waals surface area contributed by atoms with Crippen LogP contribution in [0.3, 0.4) is 0 Å². The maximum atomic E-state index is 13.7. The molecular weight excluding hydrogens is 358 g/mol. The monoisotopic (exact) mass is 374 g/mol. The largest absolute Gasteiger partial charge is 0.375 e. The molecule has 0 saturated heterocycles. The van der Waals surface area contributed by atoms with Crippen LogP contribution >= 0.6 is 11.3 Å². The number of nitrogens with zero attached hydrogens (tertiary/aromatic N) is 2. The third kappa shape index (κ3) is 3.70. The summed E-state index contributed by atoms with van der Waals surface area (Å²) in [6, 6.07) is 6.11. The van der Waals surface area contributed by atoms with Crippen LogP contribution in [0.1, 0.15) is 35.0 Å². The highest BCUT2D eigenvalue weighted by Gasteiger charge is 2.16. The molecule has 5 nitrogen and oxygen atoms in total. The molecule has 2 aromatic heterocycles. The molecule has 0 aliphatic heterocycles. The molecule has 26 heavy (non-hydrogen) atoms. The number of pyridine rings is 1. The average molecular weight is 374 g/mol. The van der Waals surface area contributed by atoms with Crippen molar-refractivity contribution in [1.29, 1.82) is 0 Å². The van der Waals surface area contributed by atoms with E-state index >= 15 is 0 Å². The van der Waals surface area contributed by atoms with Crippen molar-refractivity contribution in [1.82, 2.24) is 9.97 Å². The summed E-state index contributed by atoms with van der Waals surface area (Å²) in [5, 5.41) is 2.96. The van der Waals surface area contributed by atoms with Gasteiger partial charge in [0.15, 0.2) is 5.13 Å². The number of nitrogens with two attached hydrogens (primary N) is 1. The standard InChI is InChI=1S/C18H16F2N4OS/c1-9(2)16-15(24-18(21)26-16)10-3-6-14(22-8-10)23-17(25)12-5-4-11(19)7-13(12)20/h3-9H,1-2H3,(H2,21,24)(H,22,23,25). The van der Waals surface area contributed by atoms with Crippen LogP contribution in [0.25, 0.3) is 11.3 Å². The highest BCUT2D eigenvalue weighted by atomic mass is 32.1. The van der Waals surface area contributed by atoms with E-state index in [1.165, 1.54) is 11.3 Å². The lowest BCUT2D eigenvalue weighted by Gasteiger charge is -2.08. The number of thiazole rings is 1. The summed E-state index contributed by atoms with van der Waals surface area (Å²) in [6.45, 7) is 4.10. The Bertz CT molecular complexity index is 954. The minimum absolute atomic E-state index is 0.247. The normalized spacial score (nSPS) is 11.0. The molecule has 0 atom stereocenters. The van der Waals surface area contributed by atoms with Gasteiger partial charge in [-0.3, -0.25) is 4.79 Å². The molecule has 0 fully saturated rings. The second-order valence-electron chi connectivity index (χ2n) is 5.93. The first-order valence-electron chi connectivity index (χ1n) is 7.84. The lowest BCUT2D eigenvalue weighted by atomic mass is 10.1. The number of nitrogens with one attached hydrogen (secondary N) is 1. The van der Waals surface area contributed by atoms with Crippen LogP contribution in [-0.2, 0) is 0 Å². The molecule has 0 aliphatic carbocycles. The molecule has 0 spiro atoms. The fraction of sp³-hybridized carbons (Fsp3) is 0.167. The fourth-order valence-electron chi connectivity index (χ4n) is 2.41. The van der Waals surface area contributed by atoms with Crippen molar-refractivity contribution in [2.45, 2.75) is 19.8 Å². The third-order valence-electron chi connectivity index (χ3n) is 3.65. The number of aromatic nitrogens is 2. The van der Waals surface area contributed by atoms with E-state index in [2.05, 4.69) is 29.1 Å². The number of amides is 1. The number of rotatable bonds is 4. The first-order chi connectivity index (χ1) is 12.3. The zero-order valence-corrected chi connectivity index (χ0v) is 14.9. The lowest BCUT2D eigenvalue weighted by Crippen LogP contribution is -2.14. The number of hydrogen-bond acceptors (Lipinski definition) is 5. The van der Waals surface area contributed by atoms with Crippen molar-refractivity contribution >= 4 is 28.2 Å². The Kier molecular flexibility index (Phi) is 4.94. The van der Waals surface area contributed by atoms with E-state index in [-0.39, 0.29) is 17.3 Å². The van der Waals surface area contributed by atoms with E-state index in [0.29, 0.717) is 11.2 Å². The summed E-state index contributed by atoms with van der Waals surface area (Å²) in [5.74, 6) is -1.87. The van der Waals surface area contributed by atoms with Crippen LogP contribution in [0.4, 0.5) is 19.7 Å². The maximum absolute atomic E-state index is 13.7. The summed E-state index contributed by atoms with van der Waals surface area (Å²) in [6.07, 6.45) is 1.57. The van der Waals surface area contributed by atoms with E-state index in [9.17, 15) is 13.6 Å². The van der Waals surface area contributed by atoms with E-state index in [1.54, 1.807) is 18.3 Å². The van der Waals surface area contributed by atoms with E-state index < -0.39 is 17.5 Å². The van der Waals surface area contributed by atoms with Crippen LogP contribution in [-0.4, -0.2) is 15.9 Å². The predicted octanol–water partition coefficient (Wildman–Crippen LogP) is 4.44. The Hall–Kier alpha value is -2.87. The second kappa shape index (κ2) is 7.17. The van der Waals surface area contributed by atoms with Gasteiger partial charge < -0.3 is 11.1 Å². The van der Waals surface area contributed by atoms with Crippen molar-refractivity contribution in [3.05, 3.63) is 58.6 Å². The Morgan fingerprint density at radius 2 is 2.00 bits per heavy atom. The van der Waals surface area contributed by atoms with Crippen LogP contribution in [0.2, 0.25) is 0 Å². The number of nitrogen functional groups attached to an aromatic ring is 1. The molecule has 8 heteroatoms. The Labute approximate surface area is 152 Å². The van der Waals surface area contributed by atoms with E-state index in [1.807, 2.05) is 0 Å². The molecule has 1 amide bonds. The molecule has 1 aromatic carbocycles. The third-order valence-corrected chi connectivity index (χ3v) is 4.83. The molecule has 3 N–H and O–H groups in total. The van der Waals surface area contributed by atoms with Crippen LogP contribution in [0.5, 0.6) is 0 Å². The zero-order valence-electron chi connectivity index (χ0n) is 14.1. The van der Waals surface area contributed by atoms with Gasteiger partial charge >= 0.3 is 0 Å². The Balaban J connectivity index is 1.81. The van der Waals surface area contributed by atoms with Gasteiger partial charge in [0.1, 0.15) is 17.5 Å². The number of anilines is 2. The minimum atomic E-state index is -0.932. The van der Waals surface area contributed by atoms with Crippen LogP contribution < -0.4 is 11.1 Å². The maximum Gasteiger partial charge on any atom is 0.259 e. The van der Waals surface area contributed by atoms with Crippen molar-refractivity contribution in [3.8, 4) is 11.3 Å². The van der Waals surface area contributed by atoms with Gasteiger partial charge in [0.05, 0.1) is 11.3 Å². The van der Waals surface area contributed by atoms with Gasteiger partial charge in [0, 0.05) is 22.7 Å². The lowest BCUT2D eigenvalue weighted by molar-refractivity contribution is 0.102. The van der Waals surface area contributed by atoms with Crippen molar-refractivity contribution in [2.24, 2.45) is 0 Å². The van der Waals surface area contributed by atoms with Gasteiger partial charge in [-0.2, -0.15) is 0 Å². The van der Waals surface area contributed by atoms with Gasteiger partial charge in [-0.05, 0) is 30.2 Å². The van der Waals surface area contributed by atoms with Gasteiger partial charge in [0.2, 0.25) is 0 Å². The second-order valence-corrected chi connectivity index (χ2v) is 6.99. The number of hydrogen-bond donors (Lipinski definition) is 2. The molecule has 3 rings (SSSR count). The van der Waals surface area contributed by atoms with Crippen LogP contribution in [0.15, 0.2) is 36.5 Å². The van der Waals surface area contributed by atoms with Gasteiger partial charge in [-0.1, -0.05) is 13.8 Å². The summed E-state index contributed by atoms with van der Waals surface area (Å²) >= 11 is 1.43. The number of benzene rings is 1. The molecule has 0 bridgehead atoms. The molecule has 2 heterocycles. The Morgan fingerprint density at radius 1 is 1.23 bits per heavy atom. The molecule has 0 unspecified atom stereocenters. The molecule has 0 aliphatic rings. The van der Waals surface area contributed by atoms with Crippen molar-refractivity contribution in [3.63, 3.8) is 0 Å². The molecule has 134 valence electrons.